The van der Waals surface area contributed by atoms with Gasteiger partial charge in [0.05, 0.1) is 32.1 Å². The first kappa shape index (κ1) is 29.2. The molecule has 0 aliphatic rings. The van der Waals surface area contributed by atoms with Crippen LogP contribution in [0.5, 0.6) is 17.5 Å². The van der Waals surface area contributed by atoms with Gasteiger partial charge in [0.25, 0.3) is 5.91 Å². The average Bonchev–Trinajstić information content (AvgIpc) is 3.45. The van der Waals surface area contributed by atoms with E-state index < -0.39 is 11.7 Å². The lowest BCUT2D eigenvalue weighted by molar-refractivity contribution is -0.137. The zero-order chi connectivity index (χ0) is 30.4. The van der Waals surface area contributed by atoms with Gasteiger partial charge in [-0.05, 0) is 78.4 Å². The maximum absolute atomic E-state index is 13.5. The molecule has 0 aliphatic heterocycles. The second kappa shape index (κ2) is 12.7. The molecule has 0 atom stereocenters. The molecule has 0 aliphatic carbocycles. The Morgan fingerprint density at radius 2 is 1.51 bits per heavy atom. The van der Waals surface area contributed by atoms with Crippen LogP contribution in [-0.2, 0) is 12.6 Å². The zero-order valence-corrected chi connectivity index (χ0v) is 23.3. The number of methoxy groups -OCH3 is 2. The van der Waals surface area contributed by atoms with Crippen molar-refractivity contribution in [1.82, 2.24) is 14.8 Å². The predicted octanol–water partition coefficient (Wildman–Crippen LogP) is 6.84. The number of carbonyl (C=O) groups is 1. The van der Waals surface area contributed by atoms with Gasteiger partial charge >= 0.3 is 12.2 Å². The Balaban J connectivity index is 1.38. The van der Waals surface area contributed by atoms with E-state index in [-0.39, 0.29) is 29.9 Å². The molecule has 11 heteroatoms. The number of rotatable bonds is 10. The lowest BCUT2D eigenvalue weighted by Gasteiger charge is -2.10. The molecule has 0 bridgehead atoms. The largest absolute Gasteiger partial charge is 0.497 e. The standard InChI is InChI=1S/C32H27F3N4O4/c1-41-27-14-6-21(7-15-27)18-19-43-31-37-29(23-4-3-5-24(20-23)32(33,34)35)39(38-31)26-12-10-25(11-13-26)36-30(40)22-8-16-28(42-2)17-9-22/h3-17,20H,18-19H2,1-2H3,(H,36,40). The van der Waals surface area contributed by atoms with Crippen LogP contribution in [0.3, 0.4) is 0 Å². The number of amides is 1. The van der Waals surface area contributed by atoms with Crippen LogP contribution in [0.15, 0.2) is 97.1 Å². The highest BCUT2D eigenvalue weighted by atomic mass is 19.4. The fourth-order valence-electron chi connectivity index (χ4n) is 4.24. The Bertz CT molecular complexity index is 1680. The molecule has 0 saturated carbocycles. The Kier molecular flexibility index (Phi) is 8.61. The molecule has 1 amide bonds. The number of nitrogens with zero attached hydrogens (tertiary/aromatic N) is 3. The number of hydrogen-bond acceptors (Lipinski definition) is 6. The van der Waals surface area contributed by atoms with Crippen molar-refractivity contribution in [3.05, 3.63) is 114 Å². The van der Waals surface area contributed by atoms with Gasteiger partial charge in [-0.3, -0.25) is 4.79 Å². The molecule has 0 spiro atoms. The number of hydrogen-bond donors (Lipinski definition) is 1. The Labute approximate surface area is 245 Å². The van der Waals surface area contributed by atoms with E-state index in [1.54, 1.807) is 62.8 Å². The molecule has 8 nitrogen and oxygen atoms in total. The molecule has 43 heavy (non-hydrogen) atoms. The Morgan fingerprint density at radius 3 is 2.14 bits per heavy atom. The van der Waals surface area contributed by atoms with E-state index in [4.69, 9.17) is 14.2 Å². The van der Waals surface area contributed by atoms with Gasteiger partial charge in [-0.15, -0.1) is 5.10 Å². The van der Waals surface area contributed by atoms with Crippen LogP contribution in [0, 0.1) is 0 Å². The van der Waals surface area contributed by atoms with Crippen LogP contribution in [0.1, 0.15) is 21.5 Å². The fourth-order valence-corrected chi connectivity index (χ4v) is 4.24. The molecule has 1 N–H and O–H groups in total. The molecule has 5 rings (SSSR count). The van der Waals surface area contributed by atoms with Crippen LogP contribution >= 0.6 is 0 Å². The van der Waals surface area contributed by atoms with E-state index in [2.05, 4.69) is 15.4 Å². The minimum atomic E-state index is -4.53. The van der Waals surface area contributed by atoms with E-state index in [1.807, 2.05) is 24.3 Å². The molecule has 4 aromatic carbocycles. The molecule has 220 valence electrons. The minimum Gasteiger partial charge on any atom is -0.497 e. The summed E-state index contributed by atoms with van der Waals surface area (Å²) in [5, 5.41) is 7.26. The van der Waals surface area contributed by atoms with Gasteiger partial charge < -0.3 is 19.5 Å². The SMILES string of the molecule is COc1ccc(CCOc2nc(-c3cccc(C(F)(F)F)c3)n(-c3ccc(NC(=O)c4ccc(OC)cc4)cc3)n2)cc1. The number of aromatic nitrogens is 3. The highest BCUT2D eigenvalue weighted by molar-refractivity contribution is 6.04. The third-order valence-electron chi connectivity index (χ3n) is 6.54. The predicted molar refractivity (Wildman–Crippen MR) is 155 cm³/mol. The van der Waals surface area contributed by atoms with Gasteiger partial charge in [-0.2, -0.15) is 18.2 Å². The Morgan fingerprint density at radius 1 is 0.860 bits per heavy atom. The lowest BCUT2D eigenvalue weighted by Crippen LogP contribution is -2.11. The number of anilines is 1. The summed E-state index contributed by atoms with van der Waals surface area (Å²) in [6, 6.07) is 25.8. The first-order valence-corrected chi connectivity index (χ1v) is 13.2. The van der Waals surface area contributed by atoms with E-state index in [1.165, 1.54) is 16.8 Å². The van der Waals surface area contributed by atoms with Crippen LogP contribution in [0.25, 0.3) is 17.1 Å². The molecular weight excluding hydrogens is 561 g/mol. The maximum Gasteiger partial charge on any atom is 0.416 e. The highest BCUT2D eigenvalue weighted by Gasteiger charge is 2.31. The zero-order valence-electron chi connectivity index (χ0n) is 23.3. The van der Waals surface area contributed by atoms with Gasteiger partial charge in [0.1, 0.15) is 11.5 Å². The van der Waals surface area contributed by atoms with Gasteiger partial charge in [0.2, 0.25) is 0 Å². The monoisotopic (exact) mass is 588 g/mol. The van der Waals surface area contributed by atoms with Gasteiger partial charge in [0.15, 0.2) is 5.82 Å². The van der Waals surface area contributed by atoms with Crippen molar-refractivity contribution < 1.29 is 32.2 Å². The van der Waals surface area contributed by atoms with Crippen LogP contribution < -0.4 is 19.5 Å². The fraction of sp³-hybridized carbons (Fsp3) is 0.156. The Hall–Kier alpha value is -5.32. The molecule has 1 aromatic heterocycles. The molecule has 0 saturated heterocycles. The summed E-state index contributed by atoms with van der Waals surface area (Å²) in [6.07, 6.45) is -3.97. The number of ether oxygens (including phenoxy) is 3. The summed E-state index contributed by atoms with van der Waals surface area (Å²) in [4.78, 5) is 17.1. The van der Waals surface area contributed by atoms with Crippen molar-refractivity contribution in [2.45, 2.75) is 12.6 Å². The number of nitrogens with one attached hydrogen (secondary N) is 1. The average molecular weight is 589 g/mol. The van der Waals surface area contributed by atoms with Crippen molar-refractivity contribution in [2.75, 3.05) is 26.1 Å². The maximum atomic E-state index is 13.5. The molecule has 0 radical (unpaired) electrons. The van der Waals surface area contributed by atoms with Crippen LogP contribution in [0.4, 0.5) is 18.9 Å². The summed E-state index contributed by atoms with van der Waals surface area (Å²) in [6.45, 7) is 0.245. The summed E-state index contributed by atoms with van der Waals surface area (Å²) < 4.78 is 58.0. The summed E-state index contributed by atoms with van der Waals surface area (Å²) in [5.41, 5.74) is 1.88. The van der Waals surface area contributed by atoms with Crippen LogP contribution in [0.2, 0.25) is 0 Å². The second-order valence-corrected chi connectivity index (χ2v) is 9.38. The van der Waals surface area contributed by atoms with Gasteiger partial charge in [-0.25, -0.2) is 4.68 Å². The summed E-state index contributed by atoms with van der Waals surface area (Å²) >= 11 is 0. The van der Waals surface area contributed by atoms with E-state index >= 15 is 0 Å². The van der Waals surface area contributed by atoms with E-state index in [9.17, 15) is 18.0 Å². The highest BCUT2D eigenvalue weighted by Crippen LogP contribution is 2.33. The smallest absolute Gasteiger partial charge is 0.416 e. The van der Waals surface area contributed by atoms with Crippen molar-refractivity contribution in [3.63, 3.8) is 0 Å². The number of carbonyl (C=O) groups excluding carboxylic acids is 1. The quantitative estimate of drug-likeness (QED) is 0.192. The third kappa shape index (κ3) is 7.13. The first-order valence-electron chi connectivity index (χ1n) is 13.2. The molecular formula is C32H27F3N4O4. The first-order chi connectivity index (χ1) is 20.7. The summed E-state index contributed by atoms with van der Waals surface area (Å²) in [5.74, 6) is 1.23. The van der Waals surface area contributed by atoms with Crippen molar-refractivity contribution in [1.29, 1.82) is 0 Å². The molecule has 0 fully saturated rings. The molecule has 1 heterocycles. The van der Waals surface area contributed by atoms with Crippen LogP contribution in [-0.4, -0.2) is 41.5 Å². The van der Waals surface area contributed by atoms with Gasteiger partial charge in [0, 0.05) is 23.2 Å². The van der Waals surface area contributed by atoms with E-state index in [0.29, 0.717) is 29.1 Å². The van der Waals surface area contributed by atoms with Crippen molar-refractivity contribution >= 4 is 11.6 Å². The lowest BCUT2D eigenvalue weighted by atomic mass is 10.1. The normalized spacial score (nSPS) is 11.2. The number of benzene rings is 4. The topological polar surface area (TPSA) is 87.5 Å². The van der Waals surface area contributed by atoms with Gasteiger partial charge in [-0.1, -0.05) is 24.3 Å². The number of alkyl halides is 3. The van der Waals surface area contributed by atoms with Crippen molar-refractivity contribution in [2.24, 2.45) is 0 Å². The molecule has 0 unspecified atom stereocenters. The van der Waals surface area contributed by atoms with E-state index in [0.717, 1.165) is 23.4 Å². The third-order valence-corrected chi connectivity index (χ3v) is 6.54. The second-order valence-electron chi connectivity index (χ2n) is 9.38. The van der Waals surface area contributed by atoms with Crippen molar-refractivity contribution in [3.8, 4) is 34.6 Å². The summed E-state index contributed by atoms with van der Waals surface area (Å²) in [7, 11) is 3.14. The number of halogens is 3. The molecule has 5 aromatic rings. The minimum absolute atomic E-state index is 0.0119.